The Morgan fingerprint density at radius 3 is 2.70 bits per heavy atom. The molecular formula is C28H33N7O2. The molecule has 0 aliphatic heterocycles. The Bertz CT molecular complexity index is 1420. The third kappa shape index (κ3) is 5.03. The van der Waals surface area contributed by atoms with Gasteiger partial charge in [0, 0.05) is 36.3 Å². The molecule has 2 atom stereocenters. The van der Waals surface area contributed by atoms with Crippen LogP contribution in [0.3, 0.4) is 0 Å². The van der Waals surface area contributed by atoms with Gasteiger partial charge in [0.05, 0.1) is 12.6 Å². The van der Waals surface area contributed by atoms with Crippen LogP contribution in [0.5, 0.6) is 0 Å². The number of imidazole rings is 1. The van der Waals surface area contributed by atoms with Crippen molar-refractivity contribution in [2.45, 2.75) is 71.4 Å². The molecule has 5 rings (SSSR count). The molecule has 1 aliphatic carbocycles. The molecule has 37 heavy (non-hydrogen) atoms. The van der Waals surface area contributed by atoms with Crippen LogP contribution < -0.4 is 5.69 Å². The van der Waals surface area contributed by atoms with Gasteiger partial charge in [-0.05, 0) is 59.6 Å². The Labute approximate surface area is 216 Å². The summed E-state index contributed by atoms with van der Waals surface area (Å²) in [4.78, 5) is 31.3. The summed E-state index contributed by atoms with van der Waals surface area (Å²) in [5.41, 5.74) is 4.48. The molecule has 1 saturated carbocycles. The fourth-order valence-electron chi connectivity index (χ4n) is 5.47. The number of pyridine rings is 1. The van der Waals surface area contributed by atoms with Crippen LogP contribution in [0.1, 0.15) is 69.7 Å². The van der Waals surface area contributed by atoms with Gasteiger partial charge in [-0.2, -0.15) is 5.21 Å². The Kier molecular flexibility index (Phi) is 7.39. The molecule has 3 heterocycles. The molecular weight excluding hydrogens is 466 g/mol. The number of ketones is 1. The molecule has 2 unspecified atom stereocenters. The first-order valence-corrected chi connectivity index (χ1v) is 13.2. The van der Waals surface area contributed by atoms with Crippen molar-refractivity contribution in [1.29, 1.82) is 0 Å². The van der Waals surface area contributed by atoms with Gasteiger partial charge in [-0.15, -0.1) is 10.2 Å². The van der Waals surface area contributed by atoms with E-state index in [2.05, 4.69) is 39.5 Å². The van der Waals surface area contributed by atoms with Crippen LogP contribution >= 0.6 is 0 Å². The normalized spacial score (nSPS) is 18.2. The highest BCUT2D eigenvalue weighted by Gasteiger charge is 2.31. The number of carbonyl (C=O) groups excluding carboxylic acids is 1. The molecule has 3 aromatic heterocycles. The number of benzene rings is 1. The SMILES string of the molecule is CCCCc1cn(C2C(=O)CCCCC2C)c(=O)n1Cc1cnccc1-c1ccccc1-c1nn[nH]n1. The number of Topliss-reactive ketones (excluding diaryl/α,β-unsaturated/α-hetero) is 1. The second-order valence-electron chi connectivity index (χ2n) is 9.95. The summed E-state index contributed by atoms with van der Waals surface area (Å²) in [5, 5.41) is 14.6. The van der Waals surface area contributed by atoms with Gasteiger partial charge in [0.15, 0.2) is 5.78 Å². The van der Waals surface area contributed by atoms with Gasteiger partial charge in [0.1, 0.15) is 0 Å². The molecule has 4 aromatic rings. The van der Waals surface area contributed by atoms with E-state index in [0.717, 1.165) is 66.5 Å². The highest BCUT2D eigenvalue weighted by atomic mass is 16.2. The minimum atomic E-state index is -0.399. The summed E-state index contributed by atoms with van der Waals surface area (Å²) >= 11 is 0. The van der Waals surface area contributed by atoms with Crippen LogP contribution in [0.4, 0.5) is 0 Å². The van der Waals surface area contributed by atoms with Crippen molar-refractivity contribution in [2.75, 3.05) is 0 Å². The Balaban J connectivity index is 1.58. The lowest BCUT2D eigenvalue weighted by atomic mass is 9.96. The van der Waals surface area contributed by atoms with E-state index >= 15 is 0 Å². The number of carbonyl (C=O) groups is 1. The lowest BCUT2D eigenvalue weighted by molar-refractivity contribution is -0.123. The van der Waals surface area contributed by atoms with E-state index in [-0.39, 0.29) is 17.4 Å². The average molecular weight is 500 g/mol. The highest BCUT2D eigenvalue weighted by Crippen LogP contribution is 2.33. The van der Waals surface area contributed by atoms with Crippen molar-refractivity contribution in [3.05, 3.63) is 70.7 Å². The largest absolute Gasteiger partial charge is 0.329 e. The second-order valence-corrected chi connectivity index (χ2v) is 9.95. The molecule has 1 fully saturated rings. The quantitative estimate of drug-likeness (QED) is 0.355. The molecule has 9 nitrogen and oxygen atoms in total. The fraction of sp³-hybridized carbons (Fsp3) is 0.429. The summed E-state index contributed by atoms with van der Waals surface area (Å²) in [6.45, 7) is 4.60. The molecule has 1 aliphatic rings. The lowest BCUT2D eigenvalue weighted by Gasteiger charge is -2.20. The molecule has 9 heteroatoms. The van der Waals surface area contributed by atoms with Crippen molar-refractivity contribution in [3.8, 4) is 22.5 Å². The smallest absolute Gasteiger partial charge is 0.297 e. The van der Waals surface area contributed by atoms with E-state index in [1.807, 2.05) is 47.3 Å². The molecule has 0 amide bonds. The number of aromatic amines is 1. The van der Waals surface area contributed by atoms with E-state index in [1.54, 1.807) is 10.8 Å². The van der Waals surface area contributed by atoms with Gasteiger partial charge in [-0.3, -0.25) is 18.9 Å². The van der Waals surface area contributed by atoms with Crippen LogP contribution in [0.15, 0.2) is 53.7 Å². The third-order valence-electron chi connectivity index (χ3n) is 7.41. The summed E-state index contributed by atoms with van der Waals surface area (Å²) in [6, 6.07) is 9.44. The predicted octanol–water partition coefficient (Wildman–Crippen LogP) is 4.60. The molecule has 0 spiro atoms. The second kappa shape index (κ2) is 11.0. The maximum atomic E-state index is 13.9. The number of aromatic nitrogens is 7. The highest BCUT2D eigenvalue weighted by molar-refractivity contribution is 5.83. The van der Waals surface area contributed by atoms with E-state index in [9.17, 15) is 9.59 Å². The van der Waals surface area contributed by atoms with Crippen molar-refractivity contribution in [2.24, 2.45) is 5.92 Å². The van der Waals surface area contributed by atoms with Crippen LogP contribution in [-0.2, 0) is 17.8 Å². The first-order chi connectivity index (χ1) is 18.1. The number of tetrazole rings is 1. The third-order valence-corrected chi connectivity index (χ3v) is 7.41. The number of aryl methyl sites for hydroxylation is 1. The van der Waals surface area contributed by atoms with Crippen LogP contribution in [0.2, 0.25) is 0 Å². The molecule has 192 valence electrons. The number of nitrogens with zero attached hydrogens (tertiary/aromatic N) is 6. The Morgan fingerprint density at radius 1 is 1.08 bits per heavy atom. The Hall–Kier alpha value is -3.88. The summed E-state index contributed by atoms with van der Waals surface area (Å²) in [7, 11) is 0. The van der Waals surface area contributed by atoms with Gasteiger partial charge >= 0.3 is 5.69 Å². The van der Waals surface area contributed by atoms with Crippen molar-refractivity contribution in [3.63, 3.8) is 0 Å². The van der Waals surface area contributed by atoms with E-state index in [4.69, 9.17) is 0 Å². The number of H-pyrrole nitrogens is 1. The van der Waals surface area contributed by atoms with Gasteiger partial charge in [0.2, 0.25) is 5.82 Å². The maximum absolute atomic E-state index is 13.9. The minimum Gasteiger partial charge on any atom is -0.297 e. The predicted molar refractivity (Wildman–Crippen MR) is 141 cm³/mol. The number of rotatable bonds is 8. The zero-order chi connectivity index (χ0) is 25.8. The van der Waals surface area contributed by atoms with E-state index < -0.39 is 6.04 Å². The molecule has 0 bridgehead atoms. The number of nitrogens with one attached hydrogen (secondary N) is 1. The molecule has 0 radical (unpaired) electrons. The lowest BCUT2D eigenvalue weighted by Crippen LogP contribution is -2.34. The van der Waals surface area contributed by atoms with Crippen molar-refractivity contribution < 1.29 is 4.79 Å². The Morgan fingerprint density at radius 2 is 1.92 bits per heavy atom. The summed E-state index contributed by atoms with van der Waals surface area (Å²) in [5.74, 6) is 0.812. The van der Waals surface area contributed by atoms with E-state index in [0.29, 0.717) is 18.8 Å². The van der Waals surface area contributed by atoms with Crippen LogP contribution in [0, 0.1) is 5.92 Å². The summed E-state index contributed by atoms with van der Waals surface area (Å²) < 4.78 is 3.55. The average Bonchev–Trinajstić information content (AvgIpc) is 3.51. The van der Waals surface area contributed by atoms with Gasteiger partial charge in [-0.25, -0.2) is 4.79 Å². The molecule has 1 aromatic carbocycles. The van der Waals surface area contributed by atoms with Crippen molar-refractivity contribution in [1.82, 2.24) is 34.7 Å². The van der Waals surface area contributed by atoms with Gasteiger partial charge < -0.3 is 0 Å². The van der Waals surface area contributed by atoms with E-state index in [1.165, 1.54) is 0 Å². The first-order valence-electron chi connectivity index (χ1n) is 13.2. The van der Waals surface area contributed by atoms with Crippen LogP contribution in [0.25, 0.3) is 22.5 Å². The topological polar surface area (TPSA) is 111 Å². The fourth-order valence-corrected chi connectivity index (χ4v) is 5.47. The maximum Gasteiger partial charge on any atom is 0.329 e. The van der Waals surface area contributed by atoms with Gasteiger partial charge in [0.25, 0.3) is 0 Å². The number of hydrogen-bond acceptors (Lipinski definition) is 6. The number of unbranched alkanes of at least 4 members (excludes halogenated alkanes) is 1. The van der Waals surface area contributed by atoms with Crippen molar-refractivity contribution >= 4 is 5.78 Å². The zero-order valence-corrected chi connectivity index (χ0v) is 21.4. The monoisotopic (exact) mass is 499 g/mol. The zero-order valence-electron chi connectivity index (χ0n) is 21.4. The number of hydrogen-bond donors (Lipinski definition) is 1. The van der Waals surface area contributed by atoms with Gasteiger partial charge in [-0.1, -0.05) is 51.0 Å². The minimum absolute atomic E-state index is 0.126. The summed E-state index contributed by atoms with van der Waals surface area (Å²) in [6.07, 6.45) is 11.7. The first kappa shape index (κ1) is 24.8. The molecule has 1 N–H and O–H groups in total. The molecule has 0 saturated heterocycles. The standard InChI is InChI=1S/C28H33N7O2/c1-3-4-10-21-18-35(26-19(2)9-5-8-13-25(26)36)28(37)34(21)17-20-16-29-15-14-22(20)23-11-6-7-12-24(23)27-30-32-33-31-27/h6-7,11-12,14-16,18-19,26H,3-5,8-10,13,17H2,1-2H3,(H,30,31,32,33). The van der Waals surface area contributed by atoms with Crippen LogP contribution in [-0.4, -0.2) is 40.5 Å².